The van der Waals surface area contributed by atoms with Gasteiger partial charge in [0, 0.05) is 16.9 Å². The predicted molar refractivity (Wildman–Crippen MR) is 127 cm³/mol. The van der Waals surface area contributed by atoms with Crippen molar-refractivity contribution in [2.24, 2.45) is 5.10 Å². The number of hydrogen-bond donors (Lipinski definition) is 3. The van der Waals surface area contributed by atoms with Crippen LogP contribution in [0.2, 0.25) is 0 Å². The van der Waals surface area contributed by atoms with Crippen molar-refractivity contribution in [3.05, 3.63) is 89.5 Å². The van der Waals surface area contributed by atoms with Gasteiger partial charge >= 0.3 is 11.8 Å². The smallest absolute Gasteiger partial charge is 0.329 e. The first-order chi connectivity index (χ1) is 15.9. The molecule has 3 rings (SSSR count). The summed E-state index contributed by atoms with van der Waals surface area (Å²) in [6, 6.07) is 21.3. The third-order valence-corrected chi connectivity index (χ3v) is 4.68. The third-order valence-electron chi connectivity index (χ3n) is 4.68. The molecule has 3 aromatic rings. The van der Waals surface area contributed by atoms with Gasteiger partial charge in [0.2, 0.25) is 0 Å². The molecule has 0 aliphatic heterocycles. The van der Waals surface area contributed by atoms with E-state index in [1.54, 1.807) is 48.5 Å². The lowest BCUT2D eigenvalue weighted by Gasteiger charge is -2.09. The maximum Gasteiger partial charge on any atom is 0.329 e. The normalized spacial score (nSPS) is 10.5. The maximum absolute atomic E-state index is 12.1. The van der Waals surface area contributed by atoms with Gasteiger partial charge in [-0.3, -0.25) is 14.4 Å². The number of benzene rings is 3. The van der Waals surface area contributed by atoms with E-state index in [0.29, 0.717) is 22.7 Å². The molecule has 0 saturated carbocycles. The molecule has 0 atom stereocenters. The molecule has 168 valence electrons. The van der Waals surface area contributed by atoms with Gasteiger partial charge in [-0.05, 0) is 61.4 Å². The molecule has 0 aliphatic rings. The van der Waals surface area contributed by atoms with Gasteiger partial charge in [0.15, 0.2) is 6.61 Å². The summed E-state index contributed by atoms with van der Waals surface area (Å²) in [4.78, 5) is 36.2. The van der Waals surface area contributed by atoms with E-state index in [1.807, 2.05) is 38.1 Å². The van der Waals surface area contributed by atoms with E-state index >= 15 is 0 Å². The number of ether oxygens (including phenoxy) is 1. The first kappa shape index (κ1) is 23.2. The van der Waals surface area contributed by atoms with Crippen LogP contribution in [0.15, 0.2) is 77.9 Å². The van der Waals surface area contributed by atoms with Crippen molar-refractivity contribution in [3.8, 4) is 5.75 Å². The van der Waals surface area contributed by atoms with E-state index in [4.69, 9.17) is 4.74 Å². The predicted octanol–water partition coefficient (Wildman–Crippen LogP) is 3.41. The number of hydrazone groups is 1. The zero-order chi connectivity index (χ0) is 23.6. The van der Waals surface area contributed by atoms with E-state index in [0.717, 1.165) is 11.1 Å². The Kier molecular flexibility index (Phi) is 7.91. The Bertz CT molecular complexity index is 1180. The van der Waals surface area contributed by atoms with Gasteiger partial charge in [-0.15, -0.1) is 0 Å². The fourth-order valence-corrected chi connectivity index (χ4v) is 2.80. The molecule has 0 radical (unpaired) electrons. The van der Waals surface area contributed by atoms with Gasteiger partial charge in [-0.2, -0.15) is 5.10 Å². The summed E-state index contributed by atoms with van der Waals surface area (Å²) in [5.74, 6) is -1.66. The van der Waals surface area contributed by atoms with Gasteiger partial charge in [0.05, 0.1) is 6.21 Å². The van der Waals surface area contributed by atoms with Crippen LogP contribution in [0, 0.1) is 13.8 Å². The molecular weight excluding hydrogens is 420 g/mol. The second-order valence-corrected chi connectivity index (χ2v) is 7.19. The molecule has 0 heterocycles. The van der Waals surface area contributed by atoms with Crippen LogP contribution in [0.3, 0.4) is 0 Å². The number of hydrogen-bond acceptors (Lipinski definition) is 5. The number of anilines is 2. The number of rotatable bonds is 7. The minimum Gasteiger partial charge on any atom is -0.483 e. The molecule has 33 heavy (non-hydrogen) atoms. The van der Waals surface area contributed by atoms with Gasteiger partial charge in [-0.1, -0.05) is 36.4 Å². The fraction of sp³-hybridized carbons (Fsp3) is 0.120. The molecule has 0 bridgehead atoms. The van der Waals surface area contributed by atoms with Crippen LogP contribution in [-0.4, -0.2) is 30.5 Å². The highest BCUT2D eigenvalue weighted by Gasteiger charge is 2.13. The van der Waals surface area contributed by atoms with Crippen molar-refractivity contribution < 1.29 is 19.1 Å². The molecule has 0 fully saturated rings. The molecule has 8 nitrogen and oxygen atoms in total. The summed E-state index contributed by atoms with van der Waals surface area (Å²) < 4.78 is 5.58. The lowest BCUT2D eigenvalue weighted by molar-refractivity contribution is -0.136. The molecule has 8 heteroatoms. The number of nitrogens with one attached hydrogen (secondary N) is 3. The third kappa shape index (κ3) is 7.03. The summed E-state index contributed by atoms with van der Waals surface area (Å²) in [7, 11) is 0. The quantitative estimate of drug-likeness (QED) is 0.295. The zero-order valence-electron chi connectivity index (χ0n) is 18.3. The van der Waals surface area contributed by atoms with E-state index < -0.39 is 11.8 Å². The molecule has 3 amide bonds. The minimum absolute atomic E-state index is 0.204. The molecule has 0 aliphatic carbocycles. The molecular formula is C25H24N4O4. The molecule has 0 aromatic heterocycles. The second kappa shape index (κ2) is 11.2. The van der Waals surface area contributed by atoms with E-state index in [1.165, 1.54) is 6.21 Å². The second-order valence-electron chi connectivity index (χ2n) is 7.19. The standard InChI is InChI=1S/C25H24N4O4/c1-17-12-13-21(14-18(17)2)28-24(31)25(32)29-26-15-19-8-6-7-11-22(19)33-16-23(30)27-20-9-4-3-5-10-20/h3-15H,16H2,1-2H3,(H,27,30)(H,28,31)(H,29,32)/b26-15-. The van der Waals surface area contributed by atoms with Gasteiger partial charge in [0.25, 0.3) is 5.91 Å². The van der Waals surface area contributed by atoms with Gasteiger partial charge in [0.1, 0.15) is 5.75 Å². The first-order valence-corrected chi connectivity index (χ1v) is 10.2. The summed E-state index contributed by atoms with van der Waals surface area (Å²) in [5.41, 5.74) is 5.99. The number of carbonyl (C=O) groups excluding carboxylic acids is 3. The number of amides is 3. The van der Waals surface area contributed by atoms with Gasteiger partial charge < -0.3 is 15.4 Å². The van der Waals surface area contributed by atoms with Crippen LogP contribution in [0.4, 0.5) is 11.4 Å². The van der Waals surface area contributed by atoms with Crippen molar-refractivity contribution in [2.45, 2.75) is 13.8 Å². The van der Waals surface area contributed by atoms with Crippen molar-refractivity contribution in [2.75, 3.05) is 17.2 Å². The van der Waals surface area contributed by atoms with Crippen LogP contribution in [-0.2, 0) is 14.4 Å². The zero-order valence-corrected chi connectivity index (χ0v) is 18.3. The molecule has 3 aromatic carbocycles. The highest BCUT2D eigenvalue weighted by Crippen LogP contribution is 2.16. The Hall–Kier alpha value is -4.46. The van der Waals surface area contributed by atoms with E-state index in [9.17, 15) is 14.4 Å². The Labute approximate surface area is 191 Å². The van der Waals surface area contributed by atoms with Crippen LogP contribution >= 0.6 is 0 Å². The lowest BCUT2D eigenvalue weighted by atomic mass is 10.1. The maximum atomic E-state index is 12.1. The number of aryl methyl sites for hydroxylation is 2. The molecule has 0 saturated heterocycles. The average Bonchev–Trinajstić information content (AvgIpc) is 2.81. The number of carbonyl (C=O) groups is 3. The monoisotopic (exact) mass is 444 g/mol. The van der Waals surface area contributed by atoms with E-state index in [2.05, 4.69) is 21.2 Å². The summed E-state index contributed by atoms with van der Waals surface area (Å²) in [6.45, 7) is 3.67. The van der Waals surface area contributed by atoms with Crippen LogP contribution in [0.1, 0.15) is 16.7 Å². The van der Waals surface area contributed by atoms with Crippen LogP contribution < -0.4 is 20.8 Å². The molecule has 0 unspecified atom stereocenters. The fourth-order valence-electron chi connectivity index (χ4n) is 2.80. The summed E-state index contributed by atoms with van der Waals surface area (Å²) in [6.07, 6.45) is 1.34. The SMILES string of the molecule is Cc1ccc(NC(=O)C(=O)N/N=C\c2ccccc2OCC(=O)Nc2ccccc2)cc1C. The highest BCUT2D eigenvalue weighted by molar-refractivity contribution is 6.39. The van der Waals surface area contributed by atoms with E-state index in [-0.39, 0.29) is 12.5 Å². The van der Waals surface area contributed by atoms with Crippen molar-refractivity contribution in [1.82, 2.24) is 5.43 Å². The number of nitrogens with zero attached hydrogens (tertiary/aromatic N) is 1. The van der Waals surface area contributed by atoms with Crippen molar-refractivity contribution >= 4 is 35.3 Å². The highest BCUT2D eigenvalue weighted by atomic mass is 16.5. The molecule has 0 spiro atoms. The van der Waals surface area contributed by atoms with Crippen LogP contribution in [0.5, 0.6) is 5.75 Å². The largest absolute Gasteiger partial charge is 0.483 e. The minimum atomic E-state index is -0.912. The van der Waals surface area contributed by atoms with Crippen LogP contribution in [0.25, 0.3) is 0 Å². The topological polar surface area (TPSA) is 109 Å². The summed E-state index contributed by atoms with van der Waals surface area (Å²) in [5, 5.41) is 9.08. The van der Waals surface area contributed by atoms with Crippen molar-refractivity contribution in [3.63, 3.8) is 0 Å². The Morgan fingerprint density at radius 1 is 0.818 bits per heavy atom. The molecule has 3 N–H and O–H groups in total. The Morgan fingerprint density at radius 2 is 1.55 bits per heavy atom. The van der Waals surface area contributed by atoms with Crippen molar-refractivity contribution in [1.29, 1.82) is 0 Å². The average molecular weight is 444 g/mol. The van der Waals surface area contributed by atoms with Gasteiger partial charge in [-0.25, -0.2) is 5.43 Å². The Balaban J connectivity index is 1.53. The first-order valence-electron chi connectivity index (χ1n) is 10.2. The summed E-state index contributed by atoms with van der Waals surface area (Å²) >= 11 is 0. The lowest BCUT2D eigenvalue weighted by Crippen LogP contribution is -2.32. The Morgan fingerprint density at radius 3 is 2.30 bits per heavy atom. The number of para-hydroxylation sites is 2.